The molecule has 1 heterocycles. The molecular formula is C19H30N2O. The highest BCUT2D eigenvalue weighted by molar-refractivity contribution is 5.87. The molecule has 2 N–H and O–H groups in total. The zero-order valence-corrected chi connectivity index (χ0v) is 15.0. The topological polar surface area (TPSA) is 44.6 Å². The smallest absolute Gasteiger partial charge is 0.122 e. The Morgan fingerprint density at radius 3 is 2.45 bits per heavy atom. The number of aryl methyl sites for hydroxylation is 1. The van der Waals surface area contributed by atoms with Gasteiger partial charge in [-0.25, -0.2) is 0 Å². The van der Waals surface area contributed by atoms with Crippen LogP contribution in [0.2, 0.25) is 0 Å². The molecule has 0 fully saturated rings. The quantitative estimate of drug-likeness (QED) is 0.890. The number of hydrogen-bond donors (Lipinski definition) is 2. The van der Waals surface area contributed by atoms with E-state index in [1.165, 1.54) is 11.1 Å². The van der Waals surface area contributed by atoms with E-state index in [0.717, 1.165) is 29.9 Å². The standard InChI is InChI=1S/C19H30N2O/c1-11(2)16-10-20-17(21-16)9-14-12(3)8-15(19(5,6)7)18(22)13(14)4/h8,11,16,22H,9-10H2,1-7H3,(H,20,21). The summed E-state index contributed by atoms with van der Waals surface area (Å²) in [6.07, 6.45) is 0.777. The minimum atomic E-state index is -0.0516. The summed E-state index contributed by atoms with van der Waals surface area (Å²) in [4.78, 5) is 4.64. The van der Waals surface area contributed by atoms with Crippen molar-refractivity contribution in [1.82, 2.24) is 5.32 Å². The average molecular weight is 302 g/mol. The molecule has 1 aliphatic heterocycles. The Morgan fingerprint density at radius 1 is 1.32 bits per heavy atom. The molecule has 1 atom stereocenters. The van der Waals surface area contributed by atoms with Crippen molar-refractivity contribution < 1.29 is 5.11 Å². The summed E-state index contributed by atoms with van der Waals surface area (Å²) >= 11 is 0. The molecule has 122 valence electrons. The summed E-state index contributed by atoms with van der Waals surface area (Å²) in [5, 5.41) is 14.1. The number of hydrogen-bond acceptors (Lipinski definition) is 3. The molecule has 0 spiro atoms. The molecule has 22 heavy (non-hydrogen) atoms. The maximum atomic E-state index is 10.6. The first kappa shape index (κ1) is 16.9. The highest BCUT2D eigenvalue weighted by atomic mass is 16.3. The van der Waals surface area contributed by atoms with Crippen LogP contribution in [0, 0.1) is 19.8 Å². The van der Waals surface area contributed by atoms with Gasteiger partial charge < -0.3 is 10.4 Å². The Bertz CT molecular complexity index is 594. The van der Waals surface area contributed by atoms with E-state index < -0.39 is 0 Å². The second kappa shape index (κ2) is 5.94. The van der Waals surface area contributed by atoms with Gasteiger partial charge in [0.25, 0.3) is 0 Å². The van der Waals surface area contributed by atoms with Crippen LogP contribution in [0.5, 0.6) is 5.75 Å². The van der Waals surface area contributed by atoms with Gasteiger partial charge in [0.15, 0.2) is 0 Å². The maximum absolute atomic E-state index is 10.6. The lowest BCUT2D eigenvalue weighted by molar-refractivity contribution is 0.441. The summed E-state index contributed by atoms with van der Waals surface area (Å²) in [7, 11) is 0. The number of aromatic hydroxyl groups is 1. The molecule has 1 unspecified atom stereocenters. The molecular weight excluding hydrogens is 272 g/mol. The molecule has 0 radical (unpaired) electrons. The first-order valence-corrected chi connectivity index (χ1v) is 8.23. The van der Waals surface area contributed by atoms with Crippen molar-refractivity contribution in [2.24, 2.45) is 10.9 Å². The van der Waals surface area contributed by atoms with Crippen LogP contribution in [0.4, 0.5) is 0 Å². The van der Waals surface area contributed by atoms with Crippen molar-refractivity contribution in [3.8, 4) is 5.75 Å². The number of phenols is 1. The lowest BCUT2D eigenvalue weighted by atomic mass is 9.82. The summed E-state index contributed by atoms with van der Waals surface area (Å²) in [5.74, 6) is 2.07. The third kappa shape index (κ3) is 3.29. The summed E-state index contributed by atoms with van der Waals surface area (Å²) in [6.45, 7) is 15.8. The third-order valence-corrected chi connectivity index (χ3v) is 4.69. The van der Waals surface area contributed by atoms with E-state index in [1.54, 1.807) is 0 Å². The number of rotatable bonds is 3. The Hall–Kier alpha value is -1.51. The van der Waals surface area contributed by atoms with Crippen molar-refractivity contribution in [2.45, 2.75) is 66.3 Å². The molecule has 1 aromatic carbocycles. The Labute approximate surface area is 134 Å². The van der Waals surface area contributed by atoms with E-state index >= 15 is 0 Å². The molecule has 3 heteroatoms. The summed E-state index contributed by atoms with van der Waals surface area (Å²) < 4.78 is 0. The predicted molar refractivity (Wildman–Crippen MR) is 94.0 cm³/mol. The van der Waals surface area contributed by atoms with Gasteiger partial charge in [0.1, 0.15) is 11.6 Å². The highest BCUT2D eigenvalue weighted by Crippen LogP contribution is 2.36. The molecule has 1 aliphatic rings. The van der Waals surface area contributed by atoms with Crippen LogP contribution in [0.25, 0.3) is 0 Å². The van der Waals surface area contributed by atoms with E-state index in [-0.39, 0.29) is 5.41 Å². The van der Waals surface area contributed by atoms with Crippen LogP contribution < -0.4 is 5.32 Å². The van der Waals surface area contributed by atoms with Crippen molar-refractivity contribution in [2.75, 3.05) is 6.54 Å². The first-order valence-electron chi connectivity index (χ1n) is 8.23. The van der Waals surface area contributed by atoms with Gasteiger partial charge in [0, 0.05) is 12.5 Å². The first-order chi connectivity index (χ1) is 10.1. The van der Waals surface area contributed by atoms with E-state index in [0.29, 0.717) is 17.7 Å². The van der Waals surface area contributed by atoms with E-state index in [2.05, 4.69) is 57.9 Å². The number of nitrogens with one attached hydrogen (secondary N) is 1. The van der Waals surface area contributed by atoms with Crippen LogP contribution in [-0.4, -0.2) is 23.5 Å². The van der Waals surface area contributed by atoms with Crippen LogP contribution in [0.3, 0.4) is 0 Å². The predicted octanol–water partition coefficient (Wildman–Crippen LogP) is 3.88. The fourth-order valence-corrected chi connectivity index (χ4v) is 3.02. The molecule has 0 bridgehead atoms. The second-order valence-corrected chi connectivity index (χ2v) is 7.90. The van der Waals surface area contributed by atoms with Crippen molar-refractivity contribution in [3.05, 3.63) is 28.3 Å². The molecule has 1 aromatic rings. The normalized spacial score (nSPS) is 18.5. The Kier molecular flexibility index (Phi) is 4.55. The average Bonchev–Trinajstić information content (AvgIpc) is 2.86. The van der Waals surface area contributed by atoms with Crippen LogP contribution in [0.15, 0.2) is 11.1 Å². The number of benzene rings is 1. The van der Waals surface area contributed by atoms with Crippen LogP contribution in [0.1, 0.15) is 56.9 Å². The second-order valence-electron chi connectivity index (χ2n) is 7.90. The largest absolute Gasteiger partial charge is 0.507 e. The van der Waals surface area contributed by atoms with Gasteiger partial charge in [-0.2, -0.15) is 0 Å². The van der Waals surface area contributed by atoms with Crippen molar-refractivity contribution in [3.63, 3.8) is 0 Å². The molecule has 2 rings (SSSR count). The van der Waals surface area contributed by atoms with Gasteiger partial charge in [-0.1, -0.05) is 40.7 Å². The number of aliphatic imine (C=N–C) groups is 1. The number of phenolic OH excluding ortho intramolecular Hbond substituents is 1. The zero-order valence-electron chi connectivity index (χ0n) is 15.0. The van der Waals surface area contributed by atoms with Gasteiger partial charge in [0.2, 0.25) is 0 Å². The Morgan fingerprint density at radius 2 is 1.95 bits per heavy atom. The lowest BCUT2D eigenvalue weighted by Crippen LogP contribution is -2.35. The van der Waals surface area contributed by atoms with Gasteiger partial charge in [-0.15, -0.1) is 0 Å². The fraction of sp³-hybridized carbons (Fsp3) is 0.632. The third-order valence-electron chi connectivity index (χ3n) is 4.69. The van der Waals surface area contributed by atoms with Crippen LogP contribution in [-0.2, 0) is 11.8 Å². The van der Waals surface area contributed by atoms with E-state index in [1.807, 2.05) is 6.92 Å². The van der Waals surface area contributed by atoms with Crippen molar-refractivity contribution in [1.29, 1.82) is 0 Å². The molecule has 0 saturated heterocycles. The molecule has 3 nitrogen and oxygen atoms in total. The number of nitrogens with zero attached hydrogens (tertiary/aromatic N) is 1. The van der Waals surface area contributed by atoms with Crippen molar-refractivity contribution >= 4 is 5.84 Å². The lowest BCUT2D eigenvalue weighted by Gasteiger charge is -2.24. The minimum absolute atomic E-state index is 0.0516. The molecule has 0 aromatic heterocycles. The fourth-order valence-electron chi connectivity index (χ4n) is 3.02. The van der Waals surface area contributed by atoms with Gasteiger partial charge >= 0.3 is 0 Å². The van der Waals surface area contributed by atoms with Gasteiger partial charge in [-0.3, -0.25) is 4.99 Å². The summed E-state index contributed by atoms with van der Waals surface area (Å²) in [6, 6.07) is 2.57. The Balaban J connectivity index is 2.29. The molecule has 0 aliphatic carbocycles. The maximum Gasteiger partial charge on any atom is 0.122 e. The minimum Gasteiger partial charge on any atom is -0.507 e. The highest BCUT2D eigenvalue weighted by Gasteiger charge is 2.25. The van der Waals surface area contributed by atoms with E-state index in [9.17, 15) is 5.11 Å². The SMILES string of the molecule is Cc1cc(C(C)(C)C)c(O)c(C)c1CC1=NCC(C(C)C)N1. The summed E-state index contributed by atoms with van der Waals surface area (Å²) in [5.41, 5.74) is 4.39. The van der Waals surface area contributed by atoms with Gasteiger partial charge in [-0.05, 0) is 47.4 Å². The zero-order chi connectivity index (χ0) is 16.7. The van der Waals surface area contributed by atoms with E-state index in [4.69, 9.17) is 0 Å². The van der Waals surface area contributed by atoms with Crippen LogP contribution >= 0.6 is 0 Å². The molecule has 0 saturated carbocycles. The molecule has 0 amide bonds. The number of amidine groups is 1. The van der Waals surface area contributed by atoms with Gasteiger partial charge in [0.05, 0.1) is 6.54 Å². The monoisotopic (exact) mass is 302 g/mol.